The van der Waals surface area contributed by atoms with Crippen LogP contribution in [0.4, 0.5) is 0 Å². The van der Waals surface area contributed by atoms with Crippen LogP contribution >= 0.6 is 0 Å². The van der Waals surface area contributed by atoms with Gasteiger partial charge in [-0.3, -0.25) is 0 Å². The zero-order valence-corrected chi connectivity index (χ0v) is 14.7. The van der Waals surface area contributed by atoms with Crippen LogP contribution in [0.2, 0.25) is 0 Å². The molecule has 0 bridgehead atoms. The van der Waals surface area contributed by atoms with Crippen molar-refractivity contribution in [2.24, 2.45) is 11.8 Å². The molecule has 27 heavy (non-hydrogen) atoms. The smallest absolute Gasteiger partial charge is 0.337 e. The molecule has 1 saturated heterocycles. The summed E-state index contributed by atoms with van der Waals surface area (Å²) in [6.07, 6.45) is -7.82. The van der Waals surface area contributed by atoms with Crippen LogP contribution in [0.3, 0.4) is 0 Å². The van der Waals surface area contributed by atoms with Gasteiger partial charge >= 0.3 is 5.97 Å². The Labute approximate surface area is 155 Å². The minimum Gasteiger partial charge on any atom is -0.471 e. The maximum Gasteiger partial charge on any atom is 0.337 e. The molecule has 152 valence electrons. The summed E-state index contributed by atoms with van der Waals surface area (Å²) in [6.45, 7) is 3.24. The van der Waals surface area contributed by atoms with E-state index in [9.17, 15) is 30.3 Å². The van der Waals surface area contributed by atoms with Crippen molar-refractivity contribution in [1.29, 1.82) is 0 Å². The zero-order valence-electron chi connectivity index (χ0n) is 14.7. The van der Waals surface area contributed by atoms with Crippen LogP contribution in [0, 0.1) is 11.8 Å². The summed E-state index contributed by atoms with van der Waals surface area (Å²) in [4.78, 5) is 12.0. The van der Waals surface area contributed by atoms with Gasteiger partial charge in [0.2, 0.25) is 6.29 Å². The largest absolute Gasteiger partial charge is 0.471 e. The van der Waals surface area contributed by atoms with E-state index in [1.807, 2.05) is 0 Å². The summed E-state index contributed by atoms with van der Waals surface area (Å²) >= 11 is 0. The van der Waals surface area contributed by atoms with E-state index in [1.165, 1.54) is 13.4 Å². The summed E-state index contributed by atoms with van der Waals surface area (Å²) in [5.74, 6) is -1.69. The molecule has 0 aromatic heterocycles. The van der Waals surface area contributed by atoms with Gasteiger partial charge in [-0.1, -0.05) is 6.58 Å². The van der Waals surface area contributed by atoms with Crippen LogP contribution in [-0.2, 0) is 23.7 Å². The van der Waals surface area contributed by atoms with E-state index in [0.717, 1.165) is 0 Å². The van der Waals surface area contributed by atoms with Crippen LogP contribution in [0.15, 0.2) is 24.0 Å². The number of aliphatic hydroxyl groups excluding tert-OH is 5. The third-order valence-corrected chi connectivity index (χ3v) is 5.33. The van der Waals surface area contributed by atoms with Gasteiger partial charge in [-0.25, -0.2) is 4.79 Å². The second kappa shape index (κ2) is 7.84. The number of rotatable bonds is 4. The molecule has 3 rings (SSSR count). The lowest BCUT2D eigenvalue weighted by Crippen LogP contribution is -2.60. The predicted octanol–water partition coefficient (Wildman–Crippen LogP) is -2.23. The van der Waals surface area contributed by atoms with Crippen molar-refractivity contribution in [3.63, 3.8) is 0 Å². The van der Waals surface area contributed by atoms with E-state index in [0.29, 0.717) is 5.57 Å². The molecule has 1 aliphatic carbocycles. The lowest BCUT2D eigenvalue weighted by atomic mass is 9.85. The van der Waals surface area contributed by atoms with E-state index in [-0.39, 0.29) is 12.0 Å². The first-order valence-corrected chi connectivity index (χ1v) is 8.56. The quantitative estimate of drug-likeness (QED) is 0.264. The van der Waals surface area contributed by atoms with Crippen molar-refractivity contribution in [1.82, 2.24) is 0 Å². The van der Waals surface area contributed by atoms with Crippen LogP contribution in [0.1, 0.15) is 6.42 Å². The van der Waals surface area contributed by atoms with Crippen molar-refractivity contribution in [3.05, 3.63) is 24.0 Å². The lowest BCUT2D eigenvalue weighted by molar-refractivity contribution is -0.339. The fourth-order valence-corrected chi connectivity index (χ4v) is 3.76. The number of aliphatic hydroxyl groups is 5. The number of fused-ring (bicyclic) bond motifs is 1. The highest BCUT2D eigenvalue weighted by atomic mass is 16.8. The Morgan fingerprint density at radius 1 is 1.22 bits per heavy atom. The minimum atomic E-state index is -1.60. The first-order chi connectivity index (χ1) is 12.8. The van der Waals surface area contributed by atoms with Crippen LogP contribution in [0.25, 0.3) is 0 Å². The molecule has 0 radical (unpaired) electrons. The monoisotopic (exact) mass is 388 g/mol. The molecule has 0 aromatic carbocycles. The summed E-state index contributed by atoms with van der Waals surface area (Å²) in [7, 11) is 1.23. The minimum absolute atomic E-state index is 0.225. The van der Waals surface area contributed by atoms with Crippen molar-refractivity contribution < 1.29 is 49.3 Å². The number of carbonyl (C=O) groups is 1. The normalized spacial score (nSPS) is 44.3. The molecule has 0 spiro atoms. The fourth-order valence-electron chi connectivity index (χ4n) is 3.76. The van der Waals surface area contributed by atoms with Crippen LogP contribution < -0.4 is 0 Å². The third kappa shape index (κ3) is 3.49. The Kier molecular flexibility index (Phi) is 5.87. The van der Waals surface area contributed by atoms with Crippen molar-refractivity contribution >= 4 is 5.97 Å². The Hall–Kier alpha value is -1.53. The van der Waals surface area contributed by atoms with Gasteiger partial charge in [0, 0.05) is 5.92 Å². The number of hydrogen-bond acceptors (Lipinski definition) is 10. The van der Waals surface area contributed by atoms with Crippen molar-refractivity contribution in [2.45, 2.75) is 49.5 Å². The van der Waals surface area contributed by atoms with Crippen LogP contribution in [0.5, 0.6) is 0 Å². The van der Waals surface area contributed by atoms with Gasteiger partial charge in [0.15, 0.2) is 6.29 Å². The van der Waals surface area contributed by atoms with Gasteiger partial charge in [-0.2, -0.15) is 0 Å². The van der Waals surface area contributed by atoms with E-state index in [2.05, 4.69) is 6.58 Å². The number of methoxy groups -OCH3 is 1. The Morgan fingerprint density at radius 2 is 1.93 bits per heavy atom. The average molecular weight is 388 g/mol. The molecule has 2 aliphatic heterocycles. The summed E-state index contributed by atoms with van der Waals surface area (Å²) in [5.41, 5.74) is 0.623. The molecule has 2 fully saturated rings. The number of carbonyl (C=O) groups excluding carboxylic acids is 1. The predicted molar refractivity (Wildman–Crippen MR) is 86.6 cm³/mol. The molecule has 9 atom stereocenters. The first-order valence-electron chi connectivity index (χ1n) is 8.56. The summed E-state index contributed by atoms with van der Waals surface area (Å²) in [6, 6.07) is 0. The highest BCUT2D eigenvalue weighted by molar-refractivity contribution is 5.89. The van der Waals surface area contributed by atoms with Gasteiger partial charge in [0.1, 0.15) is 24.4 Å². The topological polar surface area (TPSA) is 155 Å². The zero-order chi connectivity index (χ0) is 19.9. The molecule has 10 nitrogen and oxygen atoms in total. The molecule has 2 heterocycles. The highest BCUT2D eigenvalue weighted by Crippen LogP contribution is 2.46. The van der Waals surface area contributed by atoms with Gasteiger partial charge in [0.25, 0.3) is 0 Å². The van der Waals surface area contributed by atoms with E-state index >= 15 is 0 Å². The number of hydrogen-bond donors (Lipinski definition) is 5. The average Bonchev–Trinajstić information content (AvgIpc) is 2.96. The molecule has 1 saturated carbocycles. The number of esters is 1. The summed E-state index contributed by atoms with van der Waals surface area (Å²) in [5, 5.41) is 49.3. The van der Waals surface area contributed by atoms with Gasteiger partial charge in [-0.05, 0) is 12.0 Å². The molecule has 5 N–H and O–H groups in total. The Bertz CT molecular complexity index is 617. The highest BCUT2D eigenvalue weighted by Gasteiger charge is 2.52. The molecule has 10 heteroatoms. The molecular weight excluding hydrogens is 364 g/mol. The SMILES string of the molecule is C=C1[C@H]2[C@H](O[C@@H]3O[C@H](CO)[C@@H](O)[C@H](O)[C@H]3O)OC=C(C(=O)OC)[C@H]2C[C@@H]1O. The first kappa shape index (κ1) is 20.2. The molecule has 3 aliphatic rings. The maximum absolute atomic E-state index is 12.0. The van der Waals surface area contributed by atoms with E-state index in [4.69, 9.17) is 18.9 Å². The standard InChI is InChI=1S/C17H24O10/c1-6-9(19)3-7-8(15(23)24-2)5-25-16(11(6)7)27-17-14(22)13(21)12(20)10(4-18)26-17/h5,7,9-14,16-22H,1,3-4H2,2H3/t7-,9+,10-,11-,12-,13+,14-,16+,17+/m1/s1. The second-order valence-corrected chi connectivity index (χ2v) is 6.86. The van der Waals surface area contributed by atoms with E-state index < -0.39 is 67.5 Å². The van der Waals surface area contributed by atoms with Crippen LogP contribution in [-0.4, -0.2) is 88.3 Å². The Balaban J connectivity index is 1.81. The second-order valence-electron chi connectivity index (χ2n) is 6.86. The Morgan fingerprint density at radius 3 is 2.56 bits per heavy atom. The number of ether oxygens (including phenoxy) is 4. The van der Waals surface area contributed by atoms with Crippen molar-refractivity contribution in [2.75, 3.05) is 13.7 Å². The lowest BCUT2D eigenvalue weighted by Gasteiger charge is -2.42. The molecule has 0 amide bonds. The van der Waals surface area contributed by atoms with Gasteiger partial charge in [-0.15, -0.1) is 0 Å². The molecular formula is C17H24O10. The van der Waals surface area contributed by atoms with E-state index in [1.54, 1.807) is 0 Å². The third-order valence-electron chi connectivity index (χ3n) is 5.33. The molecule has 0 aromatic rings. The maximum atomic E-state index is 12.0. The fraction of sp³-hybridized carbons (Fsp3) is 0.706. The summed E-state index contributed by atoms with van der Waals surface area (Å²) < 4.78 is 21.2. The van der Waals surface area contributed by atoms with Gasteiger partial charge < -0.3 is 44.5 Å². The van der Waals surface area contributed by atoms with Gasteiger partial charge in [0.05, 0.1) is 37.6 Å². The van der Waals surface area contributed by atoms with Crippen molar-refractivity contribution in [3.8, 4) is 0 Å². The molecule has 0 unspecified atom stereocenters.